The molecule has 0 unspecified atom stereocenters. The lowest BCUT2D eigenvalue weighted by atomic mass is 10.0. The Morgan fingerprint density at radius 1 is 1.09 bits per heavy atom. The third-order valence-corrected chi connectivity index (χ3v) is 4.41. The second kappa shape index (κ2) is 13.6. The Labute approximate surface area is 193 Å². The van der Waals surface area contributed by atoms with Gasteiger partial charge < -0.3 is 24.1 Å². The van der Waals surface area contributed by atoms with Crippen LogP contribution in [-0.2, 0) is 14.3 Å². The maximum atomic E-state index is 12.6. The van der Waals surface area contributed by atoms with E-state index < -0.39 is 18.2 Å². The van der Waals surface area contributed by atoms with E-state index >= 15 is 0 Å². The van der Waals surface area contributed by atoms with Crippen LogP contribution < -0.4 is 14.8 Å². The summed E-state index contributed by atoms with van der Waals surface area (Å²) in [6, 6.07) is 13.8. The number of esters is 1. The molecule has 8 nitrogen and oxygen atoms in total. The monoisotopic (exact) mass is 455 g/mol. The Balaban J connectivity index is 2.14. The van der Waals surface area contributed by atoms with Gasteiger partial charge in [0.15, 0.2) is 0 Å². The van der Waals surface area contributed by atoms with E-state index in [0.29, 0.717) is 28.3 Å². The molecule has 8 heteroatoms. The minimum Gasteiger partial charge on any atom is -0.497 e. The van der Waals surface area contributed by atoms with Crippen LogP contribution in [0.15, 0.2) is 72.8 Å². The molecule has 0 aliphatic heterocycles. The van der Waals surface area contributed by atoms with Crippen LogP contribution in [0.5, 0.6) is 11.5 Å². The van der Waals surface area contributed by atoms with Crippen molar-refractivity contribution in [3.05, 3.63) is 78.4 Å². The Hall–Kier alpha value is -3.78. The molecular formula is C25H29NO7. The SMILES string of the molecule is C=CCOC(=O)/C=C(\C)C[C@@H](OC(=O)Nc1ccc(OC)cc1)c1ccc(OCCO)cc1. The number of hydrogen-bond donors (Lipinski definition) is 2. The number of ether oxygens (including phenoxy) is 4. The lowest BCUT2D eigenvalue weighted by Crippen LogP contribution is -2.18. The molecule has 0 saturated carbocycles. The number of rotatable bonds is 12. The van der Waals surface area contributed by atoms with Crippen LogP contribution in [0.25, 0.3) is 0 Å². The molecule has 1 atom stereocenters. The summed E-state index contributed by atoms with van der Waals surface area (Å²) >= 11 is 0. The number of carbonyl (C=O) groups excluding carboxylic acids is 2. The third kappa shape index (κ3) is 9.08. The van der Waals surface area contributed by atoms with Crippen LogP contribution in [0.2, 0.25) is 0 Å². The largest absolute Gasteiger partial charge is 0.497 e. The van der Waals surface area contributed by atoms with Crippen LogP contribution >= 0.6 is 0 Å². The number of hydrogen-bond acceptors (Lipinski definition) is 7. The van der Waals surface area contributed by atoms with Crippen LogP contribution in [0.1, 0.15) is 25.0 Å². The molecular weight excluding hydrogens is 426 g/mol. The zero-order valence-electron chi connectivity index (χ0n) is 18.8. The summed E-state index contributed by atoms with van der Waals surface area (Å²) in [5.74, 6) is 0.746. The quantitative estimate of drug-likeness (QED) is 0.277. The molecule has 0 spiro atoms. The average Bonchev–Trinajstić information content (AvgIpc) is 2.81. The molecule has 0 heterocycles. The number of nitrogens with one attached hydrogen (secondary N) is 1. The van der Waals surface area contributed by atoms with E-state index in [9.17, 15) is 9.59 Å². The molecule has 0 radical (unpaired) electrons. The van der Waals surface area contributed by atoms with Crippen molar-refractivity contribution in [2.75, 3.05) is 32.2 Å². The summed E-state index contributed by atoms with van der Waals surface area (Å²) in [7, 11) is 1.56. The normalized spacial score (nSPS) is 11.8. The van der Waals surface area contributed by atoms with Crippen molar-refractivity contribution < 1.29 is 33.6 Å². The first-order valence-electron chi connectivity index (χ1n) is 10.3. The Bertz CT molecular complexity index is 936. The number of benzene rings is 2. The fourth-order valence-corrected chi connectivity index (χ4v) is 2.86. The zero-order chi connectivity index (χ0) is 24.1. The van der Waals surface area contributed by atoms with E-state index in [1.165, 1.54) is 12.2 Å². The minimum atomic E-state index is -0.668. The molecule has 0 bridgehead atoms. The average molecular weight is 456 g/mol. The molecule has 2 aromatic carbocycles. The van der Waals surface area contributed by atoms with Gasteiger partial charge in [-0.3, -0.25) is 5.32 Å². The molecule has 176 valence electrons. The van der Waals surface area contributed by atoms with E-state index in [-0.39, 0.29) is 26.2 Å². The topological polar surface area (TPSA) is 103 Å². The number of methoxy groups -OCH3 is 1. The summed E-state index contributed by atoms with van der Waals surface area (Å²) in [5, 5.41) is 11.6. The number of anilines is 1. The fraction of sp³-hybridized carbons (Fsp3) is 0.280. The first kappa shape index (κ1) is 25.5. The van der Waals surface area contributed by atoms with Gasteiger partial charge in [0, 0.05) is 18.2 Å². The molecule has 0 saturated heterocycles. The molecule has 0 aromatic heterocycles. The van der Waals surface area contributed by atoms with Crippen molar-refractivity contribution in [2.45, 2.75) is 19.4 Å². The number of amides is 1. The number of aliphatic hydroxyl groups excluding tert-OH is 1. The Morgan fingerprint density at radius 2 is 1.76 bits per heavy atom. The van der Waals surface area contributed by atoms with E-state index in [1.54, 1.807) is 62.6 Å². The van der Waals surface area contributed by atoms with Gasteiger partial charge in [0.2, 0.25) is 0 Å². The minimum absolute atomic E-state index is 0.0923. The number of aliphatic hydroxyl groups is 1. The summed E-state index contributed by atoms with van der Waals surface area (Å²) in [4.78, 5) is 24.4. The van der Waals surface area contributed by atoms with Crippen molar-refractivity contribution in [3.8, 4) is 11.5 Å². The Morgan fingerprint density at radius 3 is 2.36 bits per heavy atom. The first-order chi connectivity index (χ1) is 15.9. The van der Waals surface area contributed by atoms with Gasteiger partial charge in [-0.2, -0.15) is 0 Å². The summed E-state index contributed by atoms with van der Waals surface area (Å²) in [6.07, 6.45) is 1.80. The molecule has 0 aliphatic rings. The second-order valence-corrected chi connectivity index (χ2v) is 7.00. The molecule has 33 heavy (non-hydrogen) atoms. The van der Waals surface area contributed by atoms with E-state index in [2.05, 4.69) is 11.9 Å². The van der Waals surface area contributed by atoms with Crippen LogP contribution in [-0.4, -0.2) is 44.1 Å². The van der Waals surface area contributed by atoms with Crippen molar-refractivity contribution in [1.82, 2.24) is 0 Å². The van der Waals surface area contributed by atoms with Gasteiger partial charge in [0.1, 0.15) is 30.8 Å². The van der Waals surface area contributed by atoms with E-state index in [0.717, 1.165) is 0 Å². The smallest absolute Gasteiger partial charge is 0.412 e. The summed E-state index contributed by atoms with van der Waals surface area (Å²) in [5.41, 5.74) is 1.93. The molecule has 2 aromatic rings. The van der Waals surface area contributed by atoms with Gasteiger partial charge >= 0.3 is 12.1 Å². The highest BCUT2D eigenvalue weighted by molar-refractivity contribution is 5.85. The third-order valence-electron chi connectivity index (χ3n) is 4.41. The Kier molecular flexibility index (Phi) is 10.5. The summed E-state index contributed by atoms with van der Waals surface area (Å²) in [6.45, 7) is 5.46. The molecule has 1 amide bonds. The van der Waals surface area contributed by atoms with E-state index in [1.807, 2.05) is 0 Å². The molecule has 2 rings (SSSR count). The van der Waals surface area contributed by atoms with Gasteiger partial charge in [-0.1, -0.05) is 30.4 Å². The van der Waals surface area contributed by atoms with Gasteiger partial charge in [-0.25, -0.2) is 9.59 Å². The van der Waals surface area contributed by atoms with Crippen molar-refractivity contribution >= 4 is 17.7 Å². The lowest BCUT2D eigenvalue weighted by Gasteiger charge is -2.19. The van der Waals surface area contributed by atoms with Crippen molar-refractivity contribution in [1.29, 1.82) is 0 Å². The molecule has 0 aliphatic carbocycles. The standard InChI is InChI=1S/C25H29NO7/c1-4-14-32-24(28)17-18(2)16-23(19-5-9-22(10-6-19)31-15-13-27)33-25(29)26-20-7-11-21(30-3)12-8-20/h4-12,17,23,27H,1,13-16H2,2-3H3,(H,26,29)/b18-17+/t23-/m1/s1. The summed E-state index contributed by atoms with van der Waals surface area (Å²) < 4.78 is 21.2. The van der Waals surface area contributed by atoms with Crippen molar-refractivity contribution in [3.63, 3.8) is 0 Å². The number of carbonyl (C=O) groups is 2. The van der Waals surface area contributed by atoms with Gasteiger partial charge in [-0.05, 0) is 48.9 Å². The zero-order valence-corrected chi connectivity index (χ0v) is 18.8. The maximum Gasteiger partial charge on any atom is 0.412 e. The van der Waals surface area contributed by atoms with Crippen molar-refractivity contribution in [2.24, 2.45) is 0 Å². The fourth-order valence-electron chi connectivity index (χ4n) is 2.86. The maximum absolute atomic E-state index is 12.6. The van der Waals surface area contributed by atoms with Crippen LogP contribution in [0.3, 0.4) is 0 Å². The molecule has 2 N–H and O–H groups in total. The lowest BCUT2D eigenvalue weighted by molar-refractivity contribution is -0.136. The highest BCUT2D eigenvalue weighted by Gasteiger charge is 2.19. The van der Waals surface area contributed by atoms with Gasteiger partial charge in [0.25, 0.3) is 0 Å². The van der Waals surface area contributed by atoms with Gasteiger partial charge in [-0.15, -0.1) is 0 Å². The first-order valence-corrected chi connectivity index (χ1v) is 10.3. The highest BCUT2D eigenvalue weighted by Crippen LogP contribution is 2.28. The predicted octanol–water partition coefficient (Wildman–Crippen LogP) is 4.42. The second-order valence-electron chi connectivity index (χ2n) is 7.00. The highest BCUT2D eigenvalue weighted by atomic mass is 16.6. The molecule has 0 fully saturated rings. The van der Waals surface area contributed by atoms with Gasteiger partial charge in [0.05, 0.1) is 13.7 Å². The van der Waals surface area contributed by atoms with Crippen LogP contribution in [0, 0.1) is 0 Å². The van der Waals surface area contributed by atoms with E-state index in [4.69, 9.17) is 24.1 Å². The van der Waals surface area contributed by atoms with Crippen LogP contribution in [0.4, 0.5) is 10.5 Å². The predicted molar refractivity (Wildman–Crippen MR) is 124 cm³/mol.